The number of methoxy groups -OCH3 is 1. The second kappa shape index (κ2) is 9.01. The Morgan fingerprint density at radius 2 is 1.55 bits per heavy atom. The van der Waals surface area contributed by atoms with Crippen molar-refractivity contribution in [2.24, 2.45) is 0 Å². The van der Waals surface area contributed by atoms with Gasteiger partial charge in [0, 0.05) is 34.6 Å². The van der Waals surface area contributed by atoms with Crippen molar-refractivity contribution in [3.8, 4) is 5.75 Å². The number of hydrogen-bond donors (Lipinski definition) is 2. The Balaban J connectivity index is 1.38. The lowest BCUT2D eigenvalue weighted by Gasteiger charge is -2.14. The topological polar surface area (TPSA) is 63.2 Å². The van der Waals surface area contributed by atoms with Gasteiger partial charge in [0.05, 0.1) is 23.8 Å². The van der Waals surface area contributed by atoms with Crippen LogP contribution in [0.4, 0.5) is 11.4 Å². The zero-order valence-corrected chi connectivity index (χ0v) is 18.2. The summed E-state index contributed by atoms with van der Waals surface area (Å²) < 4.78 is 5.38. The highest BCUT2D eigenvalue weighted by Gasteiger charge is 2.11. The Bertz CT molecular complexity index is 1430. The van der Waals surface area contributed by atoms with E-state index in [1.54, 1.807) is 7.11 Å². The summed E-state index contributed by atoms with van der Waals surface area (Å²) in [7, 11) is 1.66. The van der Waals surface area contributed by atoms with Gasteiger partial charge >= 0.3 is 0 Å². The number of nitrogens with zero attached hydrogens (tertiary/aromatic N) is 1. The average Bonchev–Trinajstić information content (AvgIpc) is 2.87. The number of amides is 1. The zero-order chi connectivity index (χ0) is 22.6. The molecule has 5 nitrogen and oxygen atoms in total. The maximum atomic E-state index is 12.5. The molecule has 0 radical (unpaired) electrons. The van der Waals surface area contributed by atoms with Gasteiger partial charge in [-0.2, -0.15) is 0 Å². The number of fused-ring (bicyclic) bond motifs is 2. The number of para-hydroxylation sites is 2. The Morgan fingerprint density at radius 1 is 0.818 bits per heavy atom. The minimum Gasteiger partial charge on any atom is -0.497 e. The molecule has 0 aliphatic rings. The first-order chi connectivity index (χ1) is 16.2. The Labute approximate surface area is 192 Å². The molecule has 1 aromatic heterocycles. The summed E-state index contributed by atoms with van der Waals surface area (Å²) >= 11 is 0. The monoisotopic (exact) mass is 433 g/mol. The summed E-state index contributed by atoms with van der Waals surface area (Å²) in [4.78, 5) is 17.3. The number of hydrogen-bond acceptors (Lipinski definition) is 4. The molecule has 33 heavy (non-hydrogen) atoms. The maximum Gasteiger partial charge on any atom is 0.255 e. The van der Waals surface area contributed by atoms with Crippen molar-refractivity contribution < 1.29 is 9.53 Å². The van der Waals surface area contributed by atoms with Crippen molar-refractivity contribution in [1.82, 2.24) is 4.98 Å². The van der Waals surface area contributed by atoms with Gasteiger partial charge in [-0.25, -0.2) is 4.98 Å². The molecule has 0 bridgehead atoms. The van der Waals surface area contributed by atoms with Crippen molar-refractivity contribution in [2.45, 2.75) is 6.54 Å². The largest absolute Gasteiger partial charge is 0.497 e. The molecular formula is C28H23N3O2. The first-order valence-electron chi connectivity index (χ1n) is 10.8. The first kappa shape index (κ1) is 20.5. The number of carbonyl (C=O) groups is 1. The smallest absolute Gasteiger partial charge is 0.255 e. The van der Waals surface area contributed by atoms with Gasteiger partial charge in [0.15, 0.2) is 0 Å². The van der Waals surface area contributed by atoms with Gasteiger partial charge in [-0.1, -0.05) is 48.5 Å². The second-order valence-electron chi connectivity index (χ2n) is 7.76. The molecule has 2 N–H and O–H groups in total. The molecule has 5 aromatic rings. The fourth-order valence-corrected chi connectivity index (χ4v) is 3.88. The van der Waals surface area contributed by atoms with Crippen LogP contribution >= 0.6 is 0 Å². The van der Waals surface area contributed by atoms with E-state index in [9.17, 15) is 4.79 Å². The van der Waals surface area contributed by atoms with Crippen LogP contribution in [0.5, 0.6) is 5.75 Å². The van der Waals surface area contributed by atoms with Gasteiger partial charge in [0.2, 0.25) is 0 Å². The molecule has 4 aromatic carbocycles. The van der Waals surface area contributed by atoms with Crippen LogP contribution < -0.4 is 15.4 Å². The predicted octanol–water partition coefficient (Wildman–Crippen LogP) is 6.26. The zero-order valence-electron chi connectivity index (χ0n) is 18.2. The molecule has 0 saturated heterocycles. The molecule has 1 amide bonds. The number of carbonyl (C=O) groups excluding carboxylic acids is 1. The van der Waals surface area contributed by atoms with Gasteiger partial charge in [0.25, 0.3) is 5.91 Å². The highest BCUT2D eigenvalue weighted by Crippen LogP contribution is 2.33. The van der Waals surface area contributed by atoms with Gasteiger partial charge < -0.3 is 15.4 Å². The molecule has 162 valence electrons. The Kier molecular flexibility index (Phi) is 5.60. The molecule has 0 fully saturated rings. The van der Waals surface area contributed by atoms with Crippen LogP contribution in [-0.4, -0.2) is 18.0 Å². The SMILES string of the molecule is COc1ccc2c(NCc3ccc(C(=O)Nc4ccccc4)cc3)c3ccccc3nc2c1. The molecule has 0 aliphatic heterocycles. The van der Waals surface area contributed by atoms with E-state index in [1.807, 2.05) is 91.0 Å². The lowest BCUT2D eigenvalue weighted by atomic mass is 10.1. The predicted molar refractivity (Wildman–Crippen MR) is 134 cm³/mol. The first-order valence-corrected chi connectivity index (χ1v) is 10.8. The summed E-state index contributed by atoms with van der Waals surface area (Å²) in [5, 5.41) is 8.60. The summed E-state index contributed by atoms with van der Waals surface area (Å²) in [5.41, 5.74) is 5.31. The Hall–Kier alpha value is -4.38. The van der Waals surface area contributed by atoms with Gasteiger partial charge in [-0.15, -0.1) is 0 Å². The quantitative estimate of drug-likeness (QED) is 0.310. The molecule has 0 saturated carbocycles. The fourth-order valence-electron chi connectivity index (χ4n) is 3.88. The van der Waals surface area contributed by atoms with E-state index in [1.165, 1.54) is 0 Å². The van der Waals surface area contributed by atoms with Crippen LogP contribution in [0.3, 0.4) is 0 Å². The summed E-state index contributed by atoms with van der Waals surface area (Å²) in [5.74, 6) is 0.654. The van der Waals surface area contributed by atoms with Crippen molar-refractivity contribution in [3.63, 3.8) is 0 Å². The number of aromatic nitrogens is 1. The highest BCUT2D eigenvalue weighted by molar-refractivity contribution is 6.07. The van der Waals surface area contributed by atoms with E-state index in [0.717, 1.165) is 44.5 Å². The number of anilines is 2. The van der Waals surface area contributed by atoms with E-state index in [0.29, 0.717) is 12.1 Å². The lowest BCUT2D eigenvalue weighted by molar-refractivity contribution is 0.102. The highest BCUT2D eigenvalue weighted by atomic mass is 16.5. The molecule has 0 unspecified atom stereocenters. The van der Waals surface area contributed by atoms with Crippen molar-refractivity contribution in [3.05, 3.63) is 108 Å². The number of ether oxygens (including phenoxy) is 1. The fraction of sp³-hybridized carbons (Fsp3) is 0.0714. The van der Waals surface area contributed by atoms with Gasteiger partial charge in [0.1, 0.15) is 5.75 Å². The third kappa shape index (κ3) is 4.34. The third-order valence-corrected chi connectivity index (χ3v) is 5.61. The van der Waals surface area contributed by atoms with E-state index in [2.05, 4.69) is 16.7 Å². The van der Waals surface area contributed by atoms with Crippen molar-refractivity contribution in [1.29, 1.82) is 0 Å². The van der Waals surface area contributed by atoms with Crippen LogP contribution in [0.1, 0.15) is 15.9 Å². The summed E-state index contributed by atoms with van der Waals surface area (Å²) in [6.07, 6.45) is 0. The summed E-state index contributed by atoms with van der Waals surface area (Å²) in [6, 6.07) is 31.1. The molecule has 1 heterocycles. The van der Waals surface area contributed by atoms with Gasteiger partial charge in [-0.05, 0) is 48.0 Å². The molecule has 5 rings (SSSR count). The average molecular weight is 434 g/mol. The normalized spacial score (nSPS) is 10.8. The number of benzene rings is 4. The summed E-state index contributed by atoms with van der Waals surface area (Å²) in [6.45, 7) is 0.621. The third-order valence-electron chi connectivity index (χ3n) is 5.61. The van der Waals surface area contributed by atoms with E-state index in [-0.39, 0.29) is 5.91 Å². The van der Waals surface area contributed by atoms with Gasteiger partial charge in [-0.3, -0.25) is 4.79 Å². The van der Waals surface area contributed by atoms with Crippen LogP contribution in [0, 0.1) is 0 Å². The Morgan fingerprint density at radius 3 is 2.33 bits per heavy atom. The number of rotatable bonds is 6. The lowest BCUT2D eigenvalue weighted by Crippen LogP contribution is -2.11. The van der Waals surface area contributed by atoms with E-state index >= 15 is 0 Å². The van der Waals surface area contributed by atoms with Crippen molar-refractivity contribution >= 4 is 39.1 Å². The van der Waals surface area contributed by atoms with Crippen LogP contribution in [0.2, 0.25) is 0 Å². The van der Waals surface area contributed by atoms with Crippen molar-refractivity contribution in [2.75, 3.05) is 17.7 Å². The van der Waals surface area contributed by atoms with E-state index < -0.39 is 0 Å². The number of nitrogens with one attached hydrogen (secondary N) is 2. The molecule has 0 atom stereocenters. The minimum atomic E-state index is -0.124. The number of pyridine rings is 1. The van der Waals surface area contributed by atoms with E-state index in [4.69, 9.17) is 9.72 Å². The second-order valence-corrected chi connectivity index (χ2v) is 7.76. The molecule has 5 heteroatoms. The minimum absolute atomic E-state index is 0.124. The molecule has 0 spiro atoms. The molecule has 0 aliphatic carbocycles. The maximum absolute atomic E-state index is 12.5. The van der Waals surface area contributed by atoms with Crippen LogP contribution in [0.15, 0.2) is 97.1 Å². The standard InChI is InChI=1S/C28H23N3O2/c1-33-22-15-16-24-26(17-22)31-25-10-6-5-9-23(25)27(24)29-18-19-11-13-20(14-12-19)28(32)30-21-7-3-2-4-8-21/h2-17H,18H2,1H3,(H,29,31)(H,30,32). The van der Waals surface area contributed by atoms with Crippen LogP contribution in [0.25, 0.3) is 21.8 Å². The van der Waals surface area contributed by atoms with Crippen LogP contribution in [-0.2, 0) is 6.54 Å². The molecular weight excluding hydrogens is 410 g/mol.